The number of aliphatic hydroxyl groups excluding tert-OH is 1. The highest BCUT2D eigenvalue weighted by Crippen LogP contribution is 1.75. The second kappa shape index (κ2) is 8.45. The molecule has 13 heavy (non-hydrogen) atoms. The van der Waals surface area contributed by atoms with Crippen LogP contribution in [-0.4, -0.2) is 66.5 Å². The average Bonchev–Trinajstić information content (AvgIpc) is 1.52. The van der Waals surface area contributed by atoms with Crippen molar-refractivity contribution in [3.63, 3.8) is 0 Å². The zero-order valence-electron chi connectivity index (χ0n) is 6.73. The number of rotatable bonds is 0. The zero-order valence-corrected chi connectivity index (χ0v) is 7.73. The SMILES string of the molecule is CCO.OC(O)(O)O.O[Si](O)(O)O. The third-order valence-electron chi connectivity index (χ3n) is 0. The molecule has 0 aliphatic carbocycles. The molecule has 0 rings (SSSR count). The third-order valence-corrected chi connectivity index (χ3v) is 0. The van der Waals surface area contributed by atoms with E-state index in [4.69, 9.17) is 44.7 Å². The standard InChI is InChI=1S/C2H6O.CH4O4.H4O4Si/c1-2-3;2-1(3,4)5;1-5(2,3)4/h3H,2H2,1H3;2-5H;1-4H. The number of hydrogen-bond donors (Lipinski definition) is 9. The Labute approximate surface area is 74.5 Å². The lowest BCUT2D eigenvalue weighted by atomic mass is 10.9. The van der Waals surface area contributed by atoms with Gasteiger partial charge < -0.3 is 44.7 Å². The summed E-state index contributed by atoms with van der Waals surface area (Å²) in [5.41, 5.74) is 0. The van der Waals surface area contributed by atoms with Crippen molar-refractivity contribution in [2.24, 2.45) is 0 Å². The highest BCUT2D eigenvalue weighted by molar-refractivity contribution is 6.46. The van der Waals surface area contributed by atoms with Gasteiger partial charge >= 0.3 is 15.2 Å². The fourth-order valence-electron chi connectivity index (χ4n) is 0. The molecule has 10 heteroatoms. The van der Waals surface area contributed by atoms with Crippen LogP contribution < -0.4 is 0 Å². The van der Waals surface area contributed by atoms with Crippen molar-refractivity contribution in [3.05, 3.63) is 0 Å². The van der Waals surface area contributed by atoms with E-state index in [0.29, 0.717) is 0 Å². The maximum Gasteiger partial charge on any atom is 0.668 e. The highest BCUT2D eigenvalue weighted by atomic mass is 28.4. The molecule has 0 fully saturated rings. The Morgan fingerprint density at radius 2 is 0.923 bits per heavy atom. The first-order valence-electron chi connectivity index (χ1n) is 2.81. The van der Waals surface area contributed by atoms with Crippen molar-refractivity contribution < 1.29 is 44.7 Å². The largest absolute Gasteiger partial charge is 0.668 e. The van der Waals surface area contributed by atoms with Crippen LogP contribution >= 0.6 is 0 Å². The Balaban J connectivity index is -0.000000120. The van der Waals surface area contributed by atoms with Gasteiger partial charge in [0.25, 0.3) is 0 Å². The van der Waals surface area contributed by atoms with Gasteiger partial charge in [0.15, 0.2) is 0 Å². The first-order chi connectivity index (χ1) is 5.41. The van der Waals surface area contributed by atoms with Gasteiger partial charge in [-0.2, -0.15) is 0 Å². The summed E-state index contributed by atoms with van der Waals surface area (Å²) in [6.07, 6.45) is -3.50. The quantitative estimate of drug-likeness (QED) is 0.143. The molecule has 0 spiro atoms. The maximum atomic E-state index is 7.57. The molecule has 0 aromatic heterocycles. The second-order valence-corrected chi connectivity index (χ2v) is 2.72. The van der Waals surface area contributed by atoms with E-state index in [2.05, 4.69) is 0 Å². The Bertz CT molecular complexity index is 68.0. The molecule has 0 bridgehead atoms. The topological polar surface area (TPSA) is 182 Å². The molecule has 0 aliphatic heterocycles. The predicted octanol–water partition coefficient (Wildman–Crippen LogP) is -5.04. The normalized spacial score (nSPS) is 10.6. The van der Waals surface area contributed by atoms with Gasteiger partial charge in [-0.15, -0.1) is 0 Å². The molecule has 9 N–H and O–H groups in total. The molecule has 0 heterocycles. The van der Waals surface area contributed by atoms with Gasteiger partial charge in [0.2, 0.25) is 0 Å². The maximum absolute atomic E-state index is 7.57. The molecule has 0 radical (unpaired) electrons. The smallest absolute Gasteiger partial charge is 0.397 e. The van der Waals surface area contributed by atoms with Crippen LogP contribution in [0.15, 0.2) is 0 Å². The summed E-state index contributed by atoms with van der Waals surface area (Å²) >= 11 is 0. The van der Waals surface area contributed by atoms with Crippen molar-refractivity contribution in [3.8, 4) is 0 Å². The summed E-state index contributed by atoms with van der Waals surface area (Å²) in [5, 5.41) is 36.3. The van der Waals surface area contributed by atoms with E-state index in [1.165, 1.54) is 0 Å². The molecule has 0 saturated carbocycles. The van der Waals surface area contributed by atoms with E-state index in [1.54, 1.807) is 6.92 Å². The van der Waals surface area contributed by atoms with E-state index in [-0.39, 0.29) is 6.61 Å². The highest BCUT2D eigenvalue weighted by Gasteiger charge is 2.22. The monoisotopic (exact) mass is 222 g/mol. The Hall–Kier alpha value is -0.143. The minimum Gasteiger partial charge on any atom is -0.397 e. The predicted molar refractivity (Wildman–Crippen MR) is 39.0 cm³/mol. The molecule has 0 amide bonds. The van der Waals surface area contributed by atoms with Crippen molar-refractivity contribution in [1.82, 2.24) is 0 Å². The molecule has 0 atom stereocenters. The van der Waals surface area contributed by atoms with Crippen molar-refractivity contribution in [2.45, 2.75) is 13.1 Å². The van der Waals surface area contributed by atoms with Crippen LogP contribution in [0.3, 0.4) is 0 Å². The second-order valence-electron chi connectivity index (χ2n) is 1.52. The number of aliphatic hydroxyl groups is 5. The van der Waals surface area contributed by atoms with Crippen LogP contribution in [0.4, 0.5) is 0 Å². The first-order valence-corrected chi connectivity index (χ1v) is 4.60. The van der Waals surface area contributed by atoms with Crippen LogP contribution in [0.1, 0.15) is 6.92 Å². The van der Waals surface area contributed by atoms with Gasteiger partial charge in [0.1, 0.15) is 0 Å². The van der Waals surface area contributed by atoms with E-state index in [1.807, 2.05) is 0 Å². The van der Waals surface area contributed by atoms with E-state index in [9.17, 15) is 0 Å². The molecule has 9 nitrogen and oxygen atoms in total. The van der Waals surface area contributed by atoms with E-state index in [0.717, 1.165) is 0 Å². The van der Waals surface area contributed by atoms with E-state index < -0.39 is 15.2 Å². The van der Waals surface area contributed by atoms with Crippen LogP contribution in [0.5, 0.6) is 0 Å². The molecule has 0 unspecified atom stereocenters. The lowest BCUT2D eigenvalue weighted by Gasteiger charge is -1.99. The van der Waals surface area contributed by atoms with Gasteiger partial charge in [-0.25, -0.2) is 0 Å². The average molecular weight is 222 g/mol. The van der Waals surface area contributed by atoms with Gasteiger partial charge in [-0.3, -0.25) is 0 Å². The van der Waals surface area contributed by atoms with Gasteiger partial charge in [-0.05, 0) is 6.92 Å². The molecular weight excluding hydrogens is 208 g/mol. The third kappa shape index (κ3) is 56200. The molecule has 0 aromatic carbocycles. The van der Waals surface area contributed by atoms with Crippen molar-refractivity contribution in [2.75, 3.05) is 6.61 Å². The summed E-state index contributed by atoms with van der Waals surface area (Å²) in [6.45, 7) is 1.93. The van der Waals surface area contributed by atoms with Gasteiger partial charge in [0, 0.05) is 6.61 Å². The fourth-order valence-corrected chi connectivity index (χ4v) is 0. The Morgan fingerprint density at radius 3 is 0.923 bits per heavy atom. The van der Waals surface area contributed by atoms with E-state index >= 15 is 0 Å². The molecule has 84 valence electrons. The minimum atomic E-state index is -4.61. The number of hydrogen-bond acceptors (Lipinski definition) is 9. The molecular formula is C3H14O9Si. The van der Waals surface area contributed by atoms with Crippen LogP contribution in [0.2, 0.25) is 0 Å². The van der Waals surface area contributed by atoms with Crippen LogP contribution in [-0.2, 0) is 0 Å². The van der Waals surface area contributed by atoms with Crippen LogP contribution in [0, 0.1) is 0 Å². The fraction of sp³-hybridized carbons (Fsp3) is 1.00. The Kier molecular flexibility index (Phi) is 12.1. The molecule has 0 aromatic rings. The summed E-state index contributed by atoms with van der Waals surface area (Å²) < 4.78 is 0. The zero-order chi connectivity index (χ0) is 11.7. The van der Waals surface area contributed by atoms with Crippen LogP contribution in [0.25, 0.3) is 0 Å². The molecule has 0 aliphatic rings. The Morgan fingerprint density at radius 1 is 0.923 bits per heavy atom. The summed E-state index contributed by atoms with van der Waals surface area (Å²) in [4.78, 5) is 29.3. The lowest BCUT2D eigenvalue weighted by Crippen LogP contribution is -2.33. The summed E-state index contributed by atoms with van der Waals surface area (Å²) in [7, 11) is -4.61. The lowest BCUT2D eigenvalue weighted by molar-refractivity contribution is -0.436. The molecule has 0 saturated heterocycles. The van der Waals surface area contributed by atoms with Gasteiger partial charge in [-0.1, -0.05) is 0 Å². The minimum absolute atomic E-state index is 0.250. The summed E-state index contributed by atoms with van der Waals surface area (Å²) in [5.74, 6) is 0. The van der Waals surface area contributed by atoms with Crippen molar-refractivity contribution in [1.29, 1.82) is 0 Å². The van der Waals surface area contributed by atoms with Crippen molar-refractivity contribution >= 4 is 9.05 Å². The van der Waals surface area contributed by atoms with Gasteiger partial charge in [0.05, 0.1) is 0 Å². The summed E-state index contributed by atoms with van der Waals surface area (Å²) in [6, 6.07) is 0. The first kappa shape index (κ1) is 18.6.